The highest BCUT2D eigenvalue weighted by molar-refractivity contribution is 6.31. The Labute approximate surface area is 386 Å². The van der Waals surface area contributed by atoms with Crippen LogP contribution in [0.25, 0.3) is 137 Å². The summed E-state index contributed by atoms with van der Waals surface area (Å²) in [7, 11) is 0. The third-order valence-electron chi connectivity index (χ3n) is 15.3. The minimum absolute atomic E-state index is 0.0459. The normalized spacial score (nSPS) is 13.2. The standard InChI is InChI=1S/C63H46N4/c1-62(2,3)38-30-47-44-26-24-35-16-10-13-21-42(35)57(44)67-58(47)49(32-38)50-34-54-56(64-61(50)67)51-33-39(63(4,5)6)31-48-46-28-36-17-11-12-20-41(36)55(60(46)66(54)59(48)51)37-25-27-53-45(29-37)43-22-14-15-23-52(43)65(53)40-18-8-7-9-19-40/h7-34H,1-6H3. The maximum atomic E-state index is 5.95. The summed E-state index contributed by atoms with van der Waals surface area (Å²) < 4.78 is 7.51. The Kier molecular flexibility index (Phi) is 6.94. The number of fused-ring (bicyclic) bond motifs is 18. The van der Waals surface area contributed by atoms with E-state index in [4.69, 9.17) is 4.98 Å². The molecule has 0 amide bonds. The van der Waals surface area contributed by atoms with Crippen LogP contribution in [0.15, 0.2) is 170 Å². The highest BCUT2D eigenvalue weighted by atomic mass is 15.0. The summed E-state index contributed by atoms with van der Waals surface area (Å²) in [6.07, 6.45) is 0. The molecule has 0 unspecified atom stereocenters. The van der Waals surface area contributed by atoms with E-state index in [1.165, 1.54) is 125 Å². The second-order valence-corrected chi connectivity index (χ2v) is 21.2. The van der Waals surface area contributed by atoms with Gasteiger partial charge >= 0.3 is 0 Å². The molecule has 15 aromatic rings. The Morgan fingerprint density at radius 1 is 0.358 bits per heavy atom. The second-order valence-electron chi connectivity index (χ2n) is 21.2. The molecule has 0 spiro atoms. The SMILES string of the molecule is CC(C)(C)c1cc2c3cc4ccccc4c(-c4ccc5c(c4)c4ccccc4n5-c4ccccc4)c3n3c4cc5c6cc(C(C)(C)C)cc7c8ccc9ccccc9c8n(c5nc4c(c1)c23)c67. The van der Waals surface area contributed by atoms with Crippen LogP contribution < -0.4 is 0 Å². The molecule has 0 aliphatic carbocycles. The van der Waals surface area contributed by atoms with Crippen molar-refractivity contribution in [3.05, 3.63) is 181 Å². The molecule has 0 radical (unpaired) electrons. The van der Waals surface area contributed by atoms with Crippen molar-refractivity contribution in [2.45, 2.75) is 52.4 Å². The zero-order chi connectivity index (χ0) is 44.8. The molecule has 4 nitrogen and oxygen atoms in total. The van der Waals surface area contributed by atoms with E-state index in [-0.39, 0.29) is 10.8 Å². The first-order chi connectivity index (χ1) is 32.5. The predicted molar refractivity (Wildman–Crippen MR) is 286 cm³/mol. The molecule has 0 N–H and O–H groups in total. The molecule has 0 aliphatic heterocycles. The minimum atomic E-state index is -0.0857. The smallest absolute Gasteiger partial charge is 0.146 e. The topological polar surface area (TPSA) is 26.6 Å². The van der Waals surface area contributed by atoms with Gasteiger partial charge < -0.3 is 8.97 Å². The number of hydrogen-bond acceptors (Lipinski definition) is 1. The van der Waals surface area contributed by atoms with Crippen molar-refractivity contribution in [2.75, 3.05) is 0 Å². The Morgan fingerprint density at radius 2 is 0.940 bits per heavy atom. The van der Waals surface area contributed by atoms with Crippen molar-refractivity contribution in [1.82, 2.24) is 18.4 Å². The zero-order valence-electron chi connectivity index (χ0n) is 38.5. The second kappa shape index (κ2) is 12.5. The lowest BCUT2D eigenvalue weighted by Gasteiger charge is -2.19. The van der Waals surface area contributed by atoms with E-state index in [2.05, 4.69) is 225 Å². The van der Waals surface area contributed by atoms with Gasteiger partial charge in [0.25, 0.3) is 0 Å². The van der Waals surface area contributed by atoms with Crippen LogP contribution in [0.3, 0.4) is 0 Å². The van der Waals surface area contributed by atoms with E-state index < -0.39 is 0 Å². The summed E-state index contributed by atoms with van der Waals surface area (Å²) in [5.41, 5.74) is 16.7. The summed E-state index contributed by atoms with van der Waals surface area (Å²) in [6.45, 7) is 14.0. The maximum absolute atomic E-state index is 5.95. The number of pyridine rings is 1. The van der Waals surface area contributed by atoms with Gasteiger partial charge in [-0.1, -0.05) is 145 Å². The number of aromatic nitrogens is 4. The number of benzene rings is 9. The Bertz CT molecular complexity index is 4620. The molecule has 4 heteroatoms. The molecule has 67 heavy (non-hydrogen) atoms. The molecule has 318 valence electrons. The first-order valence-corrected chi connectivity index (χ1v) is 23.7. The van der Waals surface area contributed by atoms with E-state index in [0.717, 1.165) is 22.4 Å². The third-order valence-corrected chi connectivity index (χ3v) is 15.3. The summed E-state index contributed by atoms with van der Waals surface area (Å²) in [4.78, 5) is 5.95. The molecule has 0 aliphatic rings. The van der Waals surface area contributed by atoms with Crippen LogP contribution in [0.4, 0.5) is 0 Å². The lowest BCUT2D eigenvalue weighted by Crippen LogP contribution is -2.10. The fourth-order valence-electron chi connectivity index (χ4n) is 12.1. The number of para-hydroxylation sites is 2. The van der Waals surface area contributed by atoms with Gasteiger partial charge in [0.15, 0.2) is 0 Å². The molecular formula is C63H46N4. The van der Waals surface area contributed by atoms with Gasteiger partial charge in [0.05, 0.1) is 44.1 Å². The Balaban J connectivity index is 1.14. The van der Waals surface area contributed by atoms with E-state index in [9.17, 15) is 0 Å². The highest BCUT2D eigenvalue weighted by Gasteiger charge is 2.29. The Morgan fingerprint density at radius 3 is 1.70 bits per heavy atom. The molecule has 0 atom stereocenters. The summed E-state index contributed by atoms with van der Waals surface area (Å²) in [6, 6.07) is 64.0. The van der Waals surface area contributed by atoms with Crippen molar-refractivity contribution >= 4 is 120 Å². The van der Waals surface area contributed by atoms with Crippen LogP contribution in [-0.2, 0) is 10.8 Å². The molecule has 0 saturated heterocycles. The predicted octanol–water partition coefficient (Wildman–Crippen LogP) is 17.0. The van der Waals surface area contributed by atoms with Crippen LogP contribution in [0.5, 0.6) is 0 Å². The largest absolute Gasteiger partial charge is 0.309 e. The molecule has 6 aromatic heterocycles. The van der Waals surface area contributed by atoms with E-state index in [1.54, 1.807) is 0 Å². The van der Waals surface area contributed by atoms with Crippen LogP contribution in [0.1, 0.15) is 52.7 Å². The van der Waals surface area contributed by atoms with Crippen LogP contribution in [0, 0.1) is 0 Å². The quantitative estimate of drug-likeness (QED) is 0.170. The van der Waals surface area contributed by atoms with Crippen molar-refractivity contribution in [3.63, 3.8) is 0 Å². The molecular weight excluding hydrogens is 813 g/mol. The first-order valence-electron chi connectivity index (χ1n) is 23.7. The Hall–Kier alpha value is -7.95. The van der Waals surface area contributed by atoms with Crippen molar-refractivity contribution in [2.24, 2.45) is 0 Å². The lowest BCUT2D eigenvalue weighted by molar-refractivity contribution is 0.591. The van der Waals surface area contributed by atoms with Gasteiger partial charge in [0.2, 0.25) is 0 Å². The molecule has 9 aromatic carbocycles. The average Bonchev–Trinajstić information content (AvgIpc) is 4.12. The summed E-state index contributed by atoms with van der Waals surface area (Å²) in [5.74, 6) is 0. The maximum Gasteiger partial charge on any atom is 0.146 e. The first kappa shape index (κ1) is 37.3. The average molecular weight is 859 g/mol. The number of hydrogen-bond donors (Lipinski definition) is 0. The van der Waals surface area contributed by atoms with Gasteiger partial charge in [-0.15, -0.1) is 0 Å². The van der Waals surface area contributed by atoms with Gasteiger partial charge in [0, 0.05) is 65.1 Å². The van der Waals surface area contributed by atoms with Crippen LogP contribution >= 0.6 is 0 Å². The summed E-state index contributed by atoms with van der Waals surface area (Å²) >= 11 is 0. The number of rotatable bonds is 2. The van der Waals surface area contributed by atoms with E-state index in [1.807, 2.05) is 0 Å². The highest BCUT2D eigenvalue weighted by Crippen LogP contribution is 2.50. The minimum Gasteiger partial charge on any atom is -0.309 e. The lowest BCUT2D eigenvalue weighted by atomic mass is 9.85. The van der Waals surface area contributed by atoms with Gasteiger partial charge in [-0.05, 0) is 110 Å². The van der Waals surface area contributed by atoms with Crippen molar-refractivity contribution in [3.8, 4) is 16.8 Å². The van der Waals surface area contributed by atoms with Crippen LogP contribution in [0.2, 0.25) is 0 Å². The zero-order valence-corrected chi connectivity index (χ0v) is 38.5. The molecule has 0 bridgehead atoms. The van der Waals surface area contributed by atoms with Gasteiger partial charge in [0.1, 0.15) is 5.65 Å². The van der Waals surface area contributed by atoms with E-state index >= 15 is 0 Å². The number of nitrogens with zero attached hydrogens (tertiary/aromatic N) is 4. The van der Waals surface area contributed by atoms with Gasteiger partial charge in [-0.25, -0.2) is 4.98 Å². The molecule has 15 rings (SSSR count). The van der Waals surface area contributed by atoms with Gasteiger partial charge in [-0.3, -0.25) is 4.40 Å². The summed E-state index contributed by atoms with van der Waals surface area (Å²) in [5, 5.41) is 16.3. The van der Waals surface area contributed by atoms with E-state index in [0.29, 0.717) is 0 Å². The monoisotopic (exact) mass is 858 g/mol. The van der Waals surface area contributed by atoms with Crippen LogP contribution in [-0.4, -0.2) is 18.4 Å². The fraction of sp³-hybridized carbons (Fsp3) is 0.127. The third kappa shape index (κ3) is 4.79. The van der Waals surface area contributed by atoms with Crippen molar-refractivity contribution in [1.29, 1.82) is 0 Å². The van der Waals surface area contributed by atoms with Crippen molar-refractivity contribution < 1.29 is 0 Å². The fourth-order valence-corrected chi connectivity index (χ4v) is 12.1. The molecule has 0 saturated carbocycles. The molecule has 0 fully saturated rings. The van der Waals surface area contributed by atoms with Gasteiger partial charge in [-0.2, -0.15) is 0 Å². The molecule has 6 heterocycles.